The molecule has 1 aliphatic heterocycles. The van der Waals surface area contributed by atoms with Crippen LogP contribution in [0.4, 0.5) is 0 Å². The lowest BCUT2D eigenvalue weighted by Gasteiger charge is -2.31. The summed E-state index contributed by atoms with van der Waals surface area (Å²) in [5.41, 5.74) is 0.617. The second kappa shape index (κ2) is 9.80. The standard InChI is InChI=1S/C21H22Cl2N2O3/c22-17-3-1-16(2-4-17)21(27)25-12-9-15(10-13-25)20(26)24-11-14-28-19-7-5-18(23)6-8-19/h1-8,15H,9-14H2,(H,24,26). The van der Waals surface area contributed by atoms with Crippen LogP contribution < -0.4 is 10.1 Å². The molecule has 0 spiro atoms. The van der Waals surface area contributed by atoms with E-state index in [9.17, 15) is 9.59 Å². The van der Waals surface area contributed by atoms with Gasteiger partial charge in [0.1, 0.15) is 12.4 Å². The Morgan fingerprint density at radius 3 is 2.14 bits per heavy atom. The highest BCUT2D eigenvalue weighted by molar-refractivity contribution is 6.30. The Morgan fingerprint density at radius 1 is 0.964 bits per heavy atom. The van der Waals surface area contributed by atoms with Gasteiger partial charge in [-0.25, -0.2) is 0 Å². The van der Waals surface area contributed by atoms with Gasteiger partial charge in [0.05, 0.1) is 6.54 Å². The summed E-state index contributed by atoms with van der Waals surface area (Å²) < 4.78 is 5.57. The van der Waals surface area contributed by atoms with Gasteiger partial charge in [0, 0.05) is 34.6 Å². The fraction of sp³-hybridized carbons (Fsp3) is 0.333. The predicted molar refractivity (Wildman–Crippen MR) is 110 cm³/mol. The summed E-state index contributed by atoms with van der Waals surface area (Å²) >= 11 is 11.7. The topological polar surface area (TPSA) is 58.6 Å². The van der Waals surface area contributed by atoms with Gasteiger partial charge in [0.2, 0.25) is 5.91 Å². The molecule has 0 atom stereocenters. The summed E-state index contributed by atoms with van der Waals surface area (Å²) in [5, 5.41) is 4.17. The Hall–Kier alpha value is -2.24. The van der Waals surface area contributed by atoms with Crippen LogP contribution in [0.3, 0.4) is 0 Å². The Labute approximate surface area is 174 Å². The fourth-order valence-electron chi connectivity index (χ4n) is 3.14. The number of piperidine rings is 1. The van der Waals surface area contributed by atoms with E-state index < -0.39 is 0 Å². The van der Waals surface area contributed by atoms with Crippen molar-refractivity contribution in [2.75, 3.05) is 26.2 Å². The molecule has 1 N–H and O–H groups in total. The first-order chi connectivity index (χ1) is 13.5. The van der Waals surface area contributed by atoms with Crippen LogP contribution in [0.1, 0.15) is 23.2 Å². The zero-order valence-corrected chi connectivity index (χ0v) is 16.9. The minimum Gasteiger partial charge on any atom is -0.492 e. The Kier molecular flexibility index (Phi) is 7.18. The van der Waals surface area contributed by atoms with Crippen molar-refractivity contribution in [1.29, 1.82) is 0 Å². The Balaban J connectivity index is 1.38. The van der Waals surface area contributed by atoms with Crippen molar-refractivity contribution in [2.24, 2.45) is 5.92 Å². The monoisotopic (exact) mass is 420 g/mol. The van der Waals surface area contributed by atoms with Gasteiger partial charge in [-0.05, 0) is 61.4 Å². The molecule has 1 saturated heterocycles. The number of carbonyl (C=O) groups excluding carboxylic acids is 2. The van der Waals surface area contributed by atoms with Gasteiger partial charge in [-0.3, -0.25) is 9.59 Å². The van der Waals surface area contributed by atoms with Crippen molar-refractivity contribution in [1.82, 2.24) is 10.2 Å². The number of ether oxygens (including phenoxy) is 1. The van der Waals surface area contributed by atoms with Crippen molar-refractivity contribution >= 4 is 35.0 Å². The maximum atomic E-state index is 12.5. The average molecular weight is 421 g/mol. The van der Waals surface area contributed by atoms with Crippen molar-refractivity contribution in [3.8, 4) is 5.75 Å². The molecule has 0 saturated carbocycles. The molecular weight excluding hydrogens is 399 g/mol. The third kappa shape index (κ3) is 5.63. The lowest BCUT2D eigenvalue weighted by atomic mass is 9.95. The first kappa shape index (κ1) is 20.5. The maximum absolute atomic E-state index is 12.5. The Morgan fingerprint density at radius 2 is 1.54 bits per heavy atom. The van der Waals surface area contributed by atoms with Crippen LogP contribution in [-0.4, -0.2) is 43.0 Å². The molecule has 0 bridgehead atoms. The molecule has 5 nitrogen and oxygen atoms in total. The quantitative estimate of drug-likeness (QED) is 0.717. The summed E-state index contributed by atoms with van der Waals surface area (Å²) in [6.07, 6.45) is 1.31. The van der Waals surface area contributed by atoms with Gasteiger partial charge in [0.25, 0.3) is 5.91 Å². The average Bonchev–Trinajstić information content (AvgIpc) is 2.72. The molecule has 7 heteroatoms. The van der Waals surface area contributed by atoms with Crippen LogP contribution in [0.2, 0.25) is 10.0 Å². The predicted octanol–water partition coefficient (Wildman–Crippen LogP) is 4.04. The van der Waals surface area contributed by atoms with Crippen LogP contribution in [0.5, 0.6) is 5.75 Å². The van der Waals surface area contributed by atoms with E-state index in [1.54, 1.807) is 53.4 Å². The highest BCUT2D eigenvalue weighted by atomic mass is 35.5. The summed E-state index contributed by atoms with van der Waals surface area (Å²) in [6, 6.07) is 14.0. The van der Waals surface area contributed by atoms with E-state index in [1.165, 1.54) is 0 Å². The van der Waals surface area contributed by atoms with Crippen LogP contribution in [-0.2, 0) is 4.79 Å². The van der Waals surface area contributed by atoms with Crippen LogP contribution in [0.25, 0.3) is 0 Å². The first-order valence-corrected chi connectivity index (χ1v) is 9.99. The molecule has 2 aromatic rings. The number of rotatable bonds is 6. The molecule has 3 rings (SSSR count). The molecule has 2 aromatic carbocycles. The molecule has 0 radical (unpaired) electrons. The molecule has 0 aromatic heterocycles. The third-order valence-corrected chi connectivity index (χ3v) is 5.23. The largest absolute Gasteiger partial charge is 0.492 e. The van der Waals surface area contributed by atoms with E-state index in [0.717, 1.165) is 0 Å². The van der Waals surface area contributed by atoms with E-state index in [1.807, 2.05) is 0 Å². The molecule has 148 valence electrons. The normalized spacial score (nSPS) is 14.6. The van der Waals surface area contributed by atoms with Crippen LogP contribution in [0.15, 0.2) is 48.5 Å². The number of benzene rings is 2. The molecular formula is C21H22Cl2N2O3. The van der Waals surface area contributed by atoms with Gasteiger partial charge < -0.3 is 15.0 Å². The van der Waals surface area contributed by atoms with Crippen molar-refractivity contribution in [3.63, 3.8) is 0 Å². The lowest BCUT2D eigenvalue weighted by molar-refractivity contribution is -0.126. The zero-order chi connectivity index (χ0) is 19.9. The van der Waals surface area contributed by atoms with Gasteiger partial charge in [-0.1, -0.05) is 23.2 Å². The van der Waals surface area contributed by atoms with Crippen molar-refractivity contribution in [3.05, 3.63) is 64.1 Å². The van der Waals surface area contributed by atoms with Gasteiger partial charge in [0.15, 0.2) is 0 Å². The summed E-state index contributed by atoms with van der Waals surface area (Å²) in [5.74, 6) is 0.627. The minimum atomic E-state index is -0.0789. The third-order valence-electron chi connectivity index (χ3n) is 4.73. The maximum Gasteiger partial charge on any atom is 0.253 e. The van der Waals surface area contributed by atoms with Crippen LogP contribution in [0, 0.1) is 5.92 Å². The molecule has 2 amide bonds. The molecule has 1 heterocycles. The second-order valence-corrected chi connectivity index (χ2v) is 7.54. The molecule has 0 aliphatic carbocycles. The number of carbonyl (C=O) groups is 2. The molecule has 1 fully saturated rings. The summed E-state index contributed by atoms with van der Waals surface area (Å²) in [6.45, 7) is 1.97. The zero-order valence-electron chi connectivity index (χ0n) is 15.4. The fourth-order valence-corrected chi connectivity index (χ4v) is 3.39. The van der Waals surface area contributed by atoms with E-state index in [0.29, 0.717) is 60.4 Å². The van der Waals surface area contributed by atoms with Gasteiger partial charge in [-0.2, -0.15) is 0 Å². The first-order valence-electron chi connectivity index (χ1n) is 9.24. The molecule has 1 aliphatic rings. The van der Waals surface area contributed by atoms with E-state index >= 15 is 0 Å². The Bertz CT molecular complexity index is 801. The number of halogens is 2. The van der Waals surface area contributed by atoms with E-state index in [-0.39, 0.29) is 17.7 Å². The highest BCUT2D eigenvalue weighted by Crippen LogP contribution is 2.20. The SMILES string of the molecule is O=C(NCCOc1ccc(Cl)cc1)C1CCN(C(=O)c2ccc(Cl)cc2)CC1. The van der Waals surface area contributed by atoms with E-state index in [4.69, 9.17) is 27.9 Å². The number of hydrogen-bond acceptors (Lipinski definition) is 3. The van der Waals surface area contributed by atoms with Gasteiger partial charge in [-0.15, -0.1) is 0 Å². The molecule has 0 unspecified atom stereocenters. The van der Waals surface area contributed by atoms with Gasteiger partial charge >= 0.3 is 0 Å². The number of amides is 2. The number of nitrogens with one attached hydrogen (secondary N) is 1. The smallest absolute Gasteiger partial charge is 0.253 e. The summed E-state index contributed by atoms with van der Waals surface area (Å²) in [4.78, 5) is 26.6. The van der Waals surface area contributed by atoms with Crippen molar-refractivity contribution < 1.29 is 14.3 Å². The van der Waals surface area contributed by atoms with Crippen molar-refractivity contribution in [2.45, 2.75) is 12.8 Å². The second-order valence-electron chi connectivity index (χ2n) is 6.67. The number of nitrogens with zero attached hydrogens (tertiary/aromatic N) is 1. The highest BCUT2D eigenvalue weighted by Gasteiger charge is 2.27. The lowest BCUT2D eigenvalue weighted by Crippen LogP contribution is -2.43. The van der Waals surface area contributed by atoms with E-state index in [2.05, 4.69) is 5.32 Å². The number of likely N-dealkylation sites (tertiary alicyclic amines) is 1. The molecule has 28 heavy (non-hydrogen) atoms. The van der Waals surface area contributed by atoms with Crippen LogP contribution >= 0.6 is 23.2 Å². The number of hydrogen-bond donors (Lipinski definition) is 1. The minimum absolute atomic E-state index is 0.0123. The summed E-state index contributed by atoms with van der Waals surface area (Å²) in [7, 11) is 0.